The lowest BCUT2D eigenvalue weighted by Gasteiger charge is -2.23. The molecule has 0 bridgehead atoms. The number of hydrogen-bond donors (Lipinski definition) is 3. The molecule has 1 heterocycles. The Hall–Kier alpha value is -3.29. The van der Waals surface area contributed by atoms with Gasteiger partial charge in [-0.25, -0.2) is 18.2 Å². The number of hydrazone groups is 1. The Morgan fingerprint density at radius 1 is 1.15 bits per heavy atom. The first-order chi connectivity index (χ1) is 15.5. The summed E-state index contributed by atoms with van der Waals surface area (Å²) >= 11 is 0. The zero-order valence-electron chi connectivity index (χ0n) is 16.9. The van der Waals surface area contributed by atoms with Gasteiger partial charge in [-0.3, -0.25) is 14.1 Å². The monoisotopic (exact) mass is 484 g/mol. The summed E-state index contributed by atoms with van der Waals surface area (Å²) in [6, 6.07) is 3.81. The van der Waals surface area contributed by atoms with Gasteiger partial charge in [-0.1, -0.05) is 0 Å². The van der Waals surface area contributed by atoms with Gasteiger partial charge in [-0.05, 0) is 42.3 Å². The molecule has 1 aliphatic heterocycles. The fraction of sp³-hybridized carbons (Fsp3) is 0.250. The summed E-state index contributed by atoms with van der Waals surface area (Å²) in [6.07, 6.45) is 0.865. The van der Waals surface area contributed by atoms with E-state index in [1.165, 1.54) is 18.3 Å². The molecule has 13 heteroatoms. The minimum absolute atomic E-state index is 0.105. The van der Waals surface area contributed by atoms with E-state index in [-0.39, 0.29) is 35.4 Å². The van der Waals surface area contributed by atoms with Gasteiger partial charge in [0, 0.05) is 36.9 Å². The molecule has 0 fully saturated rings. The van der Waals surface area contributed by atoms with E-state index in [2.05, 4.69) is 10.4 Å². The van der Waals surface area contributed by atoms with Gasteiger partial charge < -0.3 is 11.1 Å². The van der Waals surface area contributed by atoms with Crippen molar-refractivity contribution in [2.24, 2.45) is 10.8 Å². The van der Waals surface area contributed by atoms with Crippen LogP contribution in [-0.4, -0.2) is 48.1 Å². The van der Waals surface area contributed by atoms with Crippen LogP contribution in [0.5, 0.6) is 0 Å². The van der Waals surface area contributed by atoms with Gasteiger partial charge in [-0.2, -0.15) is 13.5 Å². The highest BCUT2D eigenvalue weighted by Gasteiger charge is 2.33. The maximum absolute atomic E-state index is 13.8. The van der Waals surface area contributed by atoms with Crippen molar-refractivity contribution in [2.75, 3.05) is 5.32 Å². The van der Waals surface area contributed by atoms with E-state index < -0.39 is 51.5 Å². The van der Waals surface area contributed by atoms with E-state index in [1.807, 2.05) is 0 Å². The highest BCUT2D eigenvalue weighted by Crippen LogP contribution is 2.20. The number of hydrogen-bond acceptors (Lipinski definition) is 6. The number of rotatable bonds is 7. The molecule has 1 unspecified atom stereocenters. The predicted octanol–water partition coefficient (Wildman–Crippen LogP) is 1.84. The second-order valence-electron chi connectivity index (χ2n) is 7.30. The Kier molecular flexibility index (Phi) is 7.15. The van der Waals surface area contributed by atoms with Crippen molar-refractivity contribution < 1.29 is 35.7 Å². The van der Waals surface area contributed by atoms with Crippen LogP contribution >= 0.6 is 0 Å². The minimum Gasteiger partial charge on any atom is -0.327 e. The Labute approximate surface area is 186 Å². The van der Waals surface area contributed by atoms with E-state index in [9.17, 15) is 31.2 Å². The van der Waals surface area contributed by atoms with E-state index in [4.69, 9.17) is 10.3 Å². The molecule has 0 saturated carbocycles. The molecular formula is C20H19F3N4O5S. The molecule has 0 aromatic heterocycles. The number of halogens is 3. The maximum atomic E-state index is 13.8. The standard InChI is InChI=1S/C20H19F3N4O5S/c21-15-10-17(23)16(22)8-11(15)7-12(24)9-19(28)27-18(5-6-25-27)20(29)26-13-1-3-14(4-2-13)33(30,31)32/h1-4,6,8,10,12,18H,5,7,9,24H2,(H,26,29)(H,30,31,32)/t12-,18?/m1/s1. The second-order valence-corrected chi connectivity index (χ2v) is 8.72. The van der Waals surface area contributed by atoms with E-state index in [0.29, 0.717) is 12.1 Å². The first kappa shape index (κ1) is 24.4. The van der Waals surface area contributed by atoms with Crippen LogP contribution in [0.25, 0.3) is 0 Å². The Morgan fingerprint density at radius 3 is 2.42 bits per heavy atom. The SMILES string of the molecule is N[C@@H](CC(=O)N1N=CCC1C(=O)Nc1ccc(S(=O)(=O)O)cc1)Cc1cc(F)c(F)cc1F. The van der Waals surface area contributed by atoms with E-state index in [1.54, 1.807) is 0 Å². The Balaban J connectivity index is 1.61. The summed E-state index contributed by atoms with van der Waals surface area (Å²) in [5.41, 5.74) is 5.90. The molecule has 2 aromatic carbocycles. The topological polar surface area (TPSA) is 142 Å². The minimum atomic E-state index is -4.39. The zero-order valence-corrected chi connectivity index (χ0v) is 17.7. The van der Waals surface area contributed by atoms with Crippen molar-refractivity contribution in [2.45, 2.75) is 36.2 Å². The highest BCUT2D eigenvalue weighted by atomic mass is 32.2. The second kappa shape index (κ2) is 9.68. The fourth-order valence-corrected chi connectivity index (χ4v) is 3.68. The molecule has 3 rings (SSSR count). The van der Waals surface area contributed by atoms with Crippen molar-refractivity contribution in [3.63, 3.8) is 0 Å². The number of carbonyl (C=O) groups excluding carboxylic acids is 2. The summed E-state index contributed by atoms with van der Waals surface area (Å²) in [5.74, 6) is -4.82. The van der Waals surface area contributed by atoms with Gasteiger partial charge in [0.1, 0.15) is 11.9 Å². The van der Waals surface area contributed by atoms with Crippen molar-refractivity contribution >= 4 is 33.8 Å². The summed E-state index contributed by atoms with van der Waals surface area (Å²) in [5, 5.41) is 7.31. The Morgan fingerprint density at radius 2 is 1.79 bits per heavy atom. The van der Waals surface area contributed by atoms with Crippen LogP contribution in [0.1, 0.15) is 18.4 Å². The molecule has 33 heavy (non-hydrogen) atoms. The van der Waals surface area contributed by atoms with Gasteiger partial charge >= 0.3 is 0 Å². The lowest BCUT2D eigenvalue weighted by molar-refractivity contribution is -0.137. The molecule has 2 atom stereocenters. The van der Waals surface area contributed by atoms with Crippen LogP contribution in [-0.2, 0) is 26.1 Å². The number of anilines is 1. The lowest BCUT2D eigenvalue weighted by atomic mass is 10.0. The summed E-state index contributed by atoms with van der Waals surface area (Å²) in [4.78, 5) is 24.8. The van der Waals surface area contributed by atoms with Crippen LogP contribution in [0.3, 0.4) is 0 Å². The third-order valence-corrected chi connectivity index (χ3v) is 5.68. The summed E-state index contributed by atoms with van der Waals surface area (Å²) in [7, 11) is -4.39. The number of nitrogens with one attached hydrogen (secondary N) is 1. The quantitative estimate of drug-likeness (QED) is 0.404. The maximum Gasteiger partial charge on any atom is 0.294 e. The smallest absolute Gasteiger partial charge is 0.294 e. The van der Waals surface area contributed by atoms with E-state index in [0.717, 1.165) is 17.1 Å². The van der Waals surface area contributed by atoms with Crippen molar-refractivity contribution in [3.8, 4) is 0 Å². The van der Waals surface area contributed by atoms with Crippen molar-refractivity contribution in [3.05, 3.63) is 59.4 Å². The number of amides is 2. The molecule has 9 nitrogen and oxygen atoms in total. The van der Waals surface area contributed by atoms with Crippen LogP contribution in [0.4, 0.5) is 18.9 Å². The van der Waals surface area contributed by atoms with Crippen LogP contribution < -0.4 is 11.1 Å². The van der Waals surface area contributed by atoms with E-state index >= 15 is 0 Å². The zero-order chi connectivity index (χ0) is 24.3. The fourth-order valence-electron chi connectivity index (χ4n) is 3.20. The lowest BCUT2D eigenvalue weighted by Crippen LogP contribution is -2.43. The molecule has 0 radical (unpaired) electrons. The molecule has 0 aliphatic carbocycles. The third kappa shape index (κ3) is 5.94. The number of benzene rings is 2. The number of nitrogens with two attached hydrogens (primary N) is 1. The predicted molar refractivity (Wildman–Crippen MR) is 111 cm³/mol. The average Bonchev–Trinajstić information content (AvgIpc) is 3.22. The van der Waals surface area contributed by atoms with Gasteiger partial charge in [-0.15, -0.1) is 0 Å². The largest absolute Gasteiger partial charge is 0.327 e. The molecule has 1 aliphatic rings. The van der Waals surface area contributed by atoms with Gasteiger partial charge in [0.25, 0.3) is 10.1 Å². The first-order valence-electron chi connectivity index (χ1n) is 9.57. The van der Waals surface area contributed by atoms with Crippen molar-refractivity contribution in [1.29, 1.82) is 0 Å². The molecule has 4 N–H and O–H groups in total. The van der Waals surface area contributed by atoms with Crippen LogP contribution in [0, 0.1) is 17.5 Å². The van der Waals surface area contributed by atoms with Crippen LogP contribution in [0.2, 0.25) is 0 Å². The molecule has 2 amide bonds. The van der Waals surface area contributed by atoms with Crippen molar-refractivity contribution in [1.82, 2.24) is 5.01 Å². The van der Waals surface area contributed by atoms with Gasteiger partial charge in [0.2, 0.25) is 11.8 Å². The average molecular weight is 484 g/mol. The molecule has 176 valence electrons. The molecule has 2 aromatic rings. The molecular weight excluding hydrogens is 465 g/mol. The molecule has 0 saturated heterocycles. The van der Waals surface area contributed by atoms with Gasteiger partial charge in [0.05, 0.1) is 4.90 Å². The normalized spacial score (nSPS) is 16.6. The number of nitrogens with zero attached hydrogens (tertiary/aromatic N) is 2. The third-order valence-electron chi connectivity index (χ3n) is 4.82. The van der Waals surface area contributed by atoms with Crippen LogP contribution in [0.15, 0.2) is 46.4 Å². The highest BCUT2D eigenvalue weighted by molar-refractivity contribution is 7.85. The Bertz CT molecular complexity index is 1200. The summed E-state index contributed by atoms with van der Waals surface area (Å²) in [6.45, 7) is 0. The number of carbonyl (C=O) groups is 2. The first-order valence-corrected chi connectivity index (χ1v) is 11.0. The summed E-state index contributed by atoms with van der Waals surface area (Å²) < 4.78 is 71.4. The molecule has 0 spiro atoms. The van der Waals surface area contributed by atoms with Gasteiger partial charge in [0.15, 0.2) is 11.6 Å².